The van der Waals surface area contributed by atoms with Gasteiger partial charge in [-0.3, -0.25) is 0 Å². The minimum absolute atomic E-state index is 0. The summed E-state index contributed by atoms with van der Waals surface area (Å²) in [4.78, 5) is 19.1. The monoisotopic (exact) mass is 192 g/mol. The van der Waals surface area contributed by atoms with E-state index < -0.39 is 11.9 Å². The Labute approximate surface area is 98.2 Å². The molecule has 1 rings (SSSR count). The van der Waals surface area contributed by atoms with Gasteiger partial charge in [-0.05, 0) is 18.9 Å². The first-order valence-corrected chi connectivity index (χ1v) is 3.33. The van der Waals surface area contributed by atoms with Gasteiger partial charge >= 0.3 is 35.5 Å². The Morgan fingerprint density at radius 3 is 2.00 bits per heavy atom. The fourth-order valence-electron chi connectivity index (χ4n) is 0.483. The fraction of sp³-hybridized carbons (Fsp3) is 0.250. The van der Waals surface area contributed by atoms with E-state index in [4.69, 9.17) is 15.0 Å². The average Bonchev–Trinajstić information content (AvgIpc) is 1.83. The number of carbonyl (C=O) groups is 2. The standard InChI is InChI=1S/C5H6O2.C3H4O2.Na/c6-5(7)4-2-1-3-4;1-2-3(4)5;/h2H,1,3H2,(H,6,7);2H,1H2,(H,4,5);/q;;+1/p-1. The van der Waals surface area contributed by atoms with Crippen LogP contribution in [0.25, 0.3) is 0 Å². The van der Waals surface area contributed by atoms with Crippen molar-refractivity contribution in [2.45, 2.75) is 12.8 Å². The van der Waals surface area contributed by atoms with Crippen LogP contribution in [0.4, 0.5) is 0 Å². The maximum Gasteiger partial charge on any atom is 1.00 e. The molecular formula is C8H9NaO4. The summed E-state index contributed by atoms with van der Waals surface area (Å²) in [7, 11) is 0. The van der Waals surface area contributed by atoms with Crippen molar-refractivity contribution in [2.75, 3.05) is 0 Å². The average molecular weight is 192 g/mol. The molecule has 0 spiro atoms. The second-order valence-corrected chi connectivity index (χ2v) is 2.10. The van der Waals surface area contributed by atoms with Crippen LogP contribution in [0.5, 0.6) is 0 Å². The molecule has 0 radical (unpaired) electrons. The molecule has 0 aromatic carbocycles. The Kier molecular flexibility index (Phi) is 9.22. The number of hydrogen-bond donors (Lipinski definition) is 1. The van der Waals surface area contributed by atoms with E-state index in [0.29, 0.717) is 5.57 Å². The molecule has 0 aliphatic heterocycles. The molecule has 0 heterocycles. The first-order valence-electron chi connectivity index (χ1n) is 3.33. The Bertz CT molecular complexity index is 232. The van der Waals surface area contributed by atoms with Crippen molar-refractivity contribution in [2.24, 2.45) is 0 Å². The third-order valence-electron chi connectivity index (χ3n) is 1.25. The van der Waals surface area contributed by atoms with Crippen LogP contribution in [-0.4, -0.2) is 17.0 Å². The molecule has 66 valence electrons. The molecule has 4 nitrogen and oxygen atoms in total. The molecular weight excluding hydrogens is 183 g/mol. The number of aliphatic carboxylic acids is 2. The summed E-state index contributed by atoms with van der Waals surface area (Å²) in [5, 5.41) is 17.3. The Balaban J connectivity index is 0. The first kappa shape index (κ1) is 14.9. The van der Waals surface area contributed by atoms with E-state index in [-0.39, 0.29) is 29.6 Å². The fourth-order valence-corrected chi connectivity index (χ4v) is 0.483. The van der Waals surface area contributed by atoms with Gasteiger partial charge in [-0.25, -0.2) is 4.79 Å². The van der Waals surface area contributed by atoms with Crippen molar-refractivity contribution in [3.63, 3.8) is 0 Å². The zero-order valence-corrected chi connectivity index (χ0v) is 9.45. The van der Waals surface area contributed by atoms with Crippen molar-refractivity contribution in [1.82, 2.24) is 0 Å². The van der Waals surface area contributed by atoms with Crippen molar-refractivity contribution >= 4 is 11.9 Å². The van der Waals surface area contributed by atoms with Crippen molar-refractivity contribution in [3.05, 3.63) is 24.3 Å². The molecule has 0 amide bonds. The van der Waals surface area contributed by atoms with E-state index in [0.717, 1.165) is 18.9 Å². The van der Waals surface area contributed by atoms with Crippen LogP contribution < -0.4 is 34.7 Å². The molecule has 0 aromatic rings. The predicted octanol–water partition coefficient (Wildman–Crippen LogP) is -3.28. The van der Waals surface area contributed by atoms with Gasteiger partial charge in [0.25, 0.3) is 0 Å². The molecule has 0 unspecified atom stereocenters. The molecule has 0 saturated carbocycles. The summed E-state index contributed by atoms with van der Waals surface area (Å²) in [5.41, 5.74) is 0.569. The summed E-state index contributed by atoms with van der Waals surface area (Å²) >= 11 is 0. The van der Waals surface area contributed by atoms with Crippen LogP contribution in [0.2, 0.25) is 0 Å². The first-order chi connectivity index (χ1) is 5.57. The van der Waals surface area contributed by atoms with E-state index in [1.165, 1.54) is 0 Å². The Morgan fingerprint density at radius 2 is 2.00 bits per heavy atom. The van der Waals surface area contributed by atoms with Gasteiger partial charge in [0.2, 0.25) is 0 Å². The number of carboxylic acids is 2. The number of rotatable bonds is 2. The van der Waals surface area contributed by atoms with Crippen LogP contribution in [0.1, 0.15) is 12.8 Å². The van der Waals surface area contributed by atoms with Gasteiger partial charge in [-0.1, -0.05) is 12.7 Å². The molecule has 0 aromatic heterocycles. The van der Waals surface area contributed by atoms with Crippen LogP contribution in [-0.2, 0) is 9.59 Å². The number of allylic oxidation sites excluding steroid dienone is 1. The number of carbonyl (C=O) groups excluding carboxylic acids is 1. The number of hydrogen-bond acceptors (Lipinski definition) is 3. The van der Waals surface area contributed by atoms with Gasteiger partial charge in [0.1, 0.15) is 0 Å². The second-order valence-electron chi connectivity index (χ2n) is 2.10. The molecule has 0 saturated heterocycles. The van der Waals surface area contributed by atoms with Crippen LogP contribution in [0, 0.1) is 0 Å². The van der Waals surface area contributed by atoms with Gasteiger partial charge in [-0.15, -0.1) is 0 Å². The summed E-state index contributed by atoms with van der Waals surface area (Å²) in [6, 6.07) is 0. The van der Waals surface area contributed by atoms with Crippen molar-refractivity contribution in [1.29, 1.82) is 0 Å². The molecule has 13 heavy (non-hydrogen) atoms. The SMILES string of the molecule is C=CC(=O)[O-].O=C(O)C1=CCC1.[Na+]. The van der Waals surface area contributed by atoms with Gasteiger partial charge < -0.3 is 15.0 Å². The molecule has 0 fully saturated rings. The van der Waals surface area contributed by atoms with Crippen LogP contribution in [0.3, 0.4) is 0 Å². The van der Waals surface area contributed by atoms with E-state index in [2.05, 4.69) is 6.58 Å². The Morgan fingerprint density at radius 1 is 1.62 bits per heavy atom. The largest absolute Gasteiger partial charge is 1.00 e. The minimum atomic E-state index is -1.23. The zero-order chi connectivity index (χ0) is 9.56. The van der Waals surface area contributed by atoms with Gasteiger partial charge in [0, 0.05) is 5.57 Å². The topological polar surface area (TPSA) is 77.4 Å². The van der Waals surface area contributed by atoms with E-state index >= 15 is 0 Å². The zero-order valence-electron chi connectivity index (χ0n) is 7.45. The third-order valence-corrected chi connectivity index (χ3v) is 1.25. The summed E-state index contributed by atoms with van der Waals surface area (Å²) in [6.45, 7) is 2.90. The molecule has 0 bridgehead atoms. The van der Waals surface area contributed by atoms with Gasteiger partial charge in [0.05, 0.1) is 5.97 Å². The number of carboxylic acid groups (broad SMARTS) is 2. The third kappa shape index (κ3) is 7.77. The van der Waals surface area contributed by atoms with E-state index in [9.17, 15) is 4.79 Å². The van der Waals surface area contributed by atoms with E-state index in [1.54, 1.807) is 6.08 Å². The van der Waals surface area contributed by atoms with Crippen LogP contribution >= 0.6 is 0 Å². The second kappa shape index (κ2) is 8.04. The molecule has 0 atom stereocenters. The summed E-state index contributed by atoms with van der Waals surface area (Å²) in [5.74, 6) is -1.99. The molecule has 1 aliphatic carbocycles. The summed E-state index contributed by atoms with van der Waals surface area (Å²) in [6.07, 6.45) is 4.17. The van der Waals surface area contributed by atoms with Gasteiger partial charge in [-0.2, -0.15) is 0 Å². The van der Waals surface area contributed by atoms with Crippen LogP contribution in [0.15, 0.2) is 24.3 Å². The molecule has 1 aliphatic rings. The van der Waals surface area contributed by atoms with E-state index in [1.807, 2.05) is 0 Å². The smallest absolute Gasteiger partial charge is 0.545 e. The molecule has 1 N–H and O–H groups in total. The van der Waals surface area contributed by atoms with Gasteiger partial charge in [0.15, 0.2) is 0 Å². The van der Waals surface area contributed by atoms with Crippen molar-refractivity contribution in [3.8, 4) is 0 Å². The normalized spacial score (nSPS) is 11.8. The Hall–Kier alpha value is -0.580. The van der Waals surface area contributed by atoms with Crippen molar-refractivity contribution < 1.29 is 49.4 Å². The minimum Gasteiger partial charge on any atom is -0.545 e. The summed E-state index contributed by atoms with van der Waals surface area (Å²) < 4.78 is 0. The predicted molar refractivity (Wildman–Crippen MR) is 40.2 cm³/mol. The quantitative estimate of drug-likeness (QED) is 0.367. The maximum atomic E-state index is 9.91. The molecule has 5 heteroatoms. The maximum absolute atomic E-state index is 9.91.